The summed E-state index contributed by atoms with van der Waals surface area (Å²) < 4.78 is 10.6. The second-order valence-electron chi connectivity index (χ2n) is 11.8. The number of pyridine rings is 1. The molecule has 1 saturated heterocycles. The minimum Gasteiger partial charge on any atom is -0.453 e. The maximum Gasteiger partial charge on any atom is 0.412 e. The maximum absolute atomic E-state index is 14.4. The Hall–Kier alpha value is -4.64. The number of hydrogen-bond donors (Lipinski definition) is 3. The van der Waals surface area contributed by atoms with Gasteiger partial charge >= 0.3 is 12.2 Å². The smallest absolute Gasteiger partial charge is 0.412 e. The van der Waals surface area contributed by atoms with E-state index in [1.54, 1.807) is 47.5 Å². The molecule has 0 saturated carbocycles. The molecule has 2 aromatic carbocycles. The van der Waals surface area contributed by atoms with Crippen LogP contribution in [0, 0.1) is 5.92 Å². The minimum absolute atomic E-state index is 0.108. The molecule has 12 heteroatoms. The Morgan fingerprint density at radius 1 is 1.07 bits per heavy atom. The van der Waals surface area contributed by atoms with Crippen LogP contribution < -0.4 is 16.0 Å². The number of nitrogens with one attached hydrogen (secondary N) is 3. The van der Waals surface area contributed by atoms with Gasteiger partial charge in [-0.3, -0.25) is 25.2 Å². The van der Waals surface area contributed by atoms with Crippen LogP contribution in [0.3, 0.4) is 0 Å². The van der Waals surface area contributed by atoms with E-state index in [1.807, 2.05) is 19.1 Å². The molecule has 11 nitrogen and oxygen atoms in total. The lowest BCUT2D eigenvalue weighted by molar-refractivity contribution is -0.141. The summed E-state index contributed by atoms with van der Waals surface area (Å²) in [6.07, 6.45) is 3.35. The van der Waals surface area contributed by atoms with E-state index >= 15 is 0 Å². The summed E-state index contributed by atoms with van der Waals surface area (Å²) in [7, 11) is 1.28. The number of likely N-dealkylation sites (tertiary alicyclic amines) is 1. The van der Waals surface area contributed by atoms with Gasteiger partial charge in [0.15, 0.2) is 5.60 Å². The van der Waals surface area contributed by atoms with E-state index in [2.05, 4.69) is 20.9 Å². The van der Waals surface area contributed by atoms with Crippen molar-refractivity contribution >= 4 is 52.7 Å². The molecule has 234 valence electrons. The molecule has 0 radical (unpaired) electrons. The first-order valence-corrected chi connectivity index (χ1v) is 15.4. The SMILES string of the molecule is COC(=O)Nc1ccc2c(c1)NC(=O)[C@H](C)CCC[C@@H](C(=O)N1CCC[C@@]3(C1)OC(=O)Nc1ccc(Cl)cc13)c1cc-2ccn1. The van der Waals surface area contributed by atoms with E-state index in [0.717, 1.165) is 11.1 Å². The molecular formula is C33H34ClN5O6. The predicted molar refractivity (Wildman–Crippen MR) is 169 cm³/mol. The summed E-state index contributed by atoms with van der Waals surface area (Å²) in [5.41, 5.74) is 3.44. The van der Waals surface area contributed by atoms with Gasteiger partial charge in [-0.2, -0.15) is 0 Å². The number of fused-ring (bicyclic) bond motifs is 6. The number of hydrogen-bond acceptors (Lipinski definition) is 7. The summed E-state index contributed by atoms with van der Waals surface area (Å²) in [4.78, 5) is 58.5. The Balaban J connectivity index is 1.35. The van der Waals surface area contributed by atoms with Gasteiger partial charge in [-0.1, -0.05) is 31.0 Å². The number of ether oxygens (including phenoxy) is 2. The number of halogens is 1. The third-order valence-corrected chi connectivity index (χ3v) is 9.03. The number of rotatable bonds is 2. The summed E-state index contributed by atoms with van der Waals surface area (Å²) in [5.74, 6) is -1.17. The standard InChI is InChI=1S/C33H34ClN5O6/c1-19-5-3-6-24(30(41)39-14-4-12-33(18-39)25-16-21(34)7-10-26(25)38-32(43)45-33)27-15-20(11-13-35-27)23-9-8-22(36-31(42)44-2)17-28(23)37-29(19)40/h7-11,13,15-17,19,24H,3-6,12,14,18H2,1-2H3,(H,36,42)(H,37,40)(H,38,43)/t19-,24-,33+/m1/s1. The highest BCUT2D eigenvalue weighted by Crippen LogP contribution is 2.44. The highest BCUT2D eigenvalue weighted by atomic mass is 35.5. The van der Waals surface area contributed by atoms with Crippen molar-refractivity contribution in [1.82, 2.24) is 9.88 Å². The topological polar surface area (TPSA) is 139 Å². The van der Waals surface area contributed by atoms with Crippen molar-refractivity contribution in [2.24, 2.45) is 5.92 Å². The van der Waals surface area contributed by atoms with Crippen LogP contribution in [0.2, 0.25) is 5.02 Å². The van der Waals surface area contributed by atoms with Crippen LogP contribution in [-0.2, 0) is 24.7 Å². The van der Waals surface area contributed by atoms with Crippen molar-refractivity contribution in [3.63, 3.8) is 0 Å². The molecule has 4 amide bonds. The monoisotopic (exact) mass is 631 g/mol. The van der Waals surface area contributed by atoms with Gasteiger partial charge in [0.2, 0.25) is 11.8 Å². The lowest BCUT2D eigenvalue weighted by Gasteiger charge is -2.45. The molecule has 3 aliphatic heterocycles. The first-order chi connectivity index (χ1) is 21.7. The van der Waals surface area contributed by atoms with Crippen LogP contribution in [0.25, 0.3) is 11.1 Å². The van der Waals surface area contributed by atoms with Crippen molar-refractivity contribution in [1.29, 1.82) is 0 Å². The molecule has 3 aliphatic rings. The van der Waals surface area contributed by atoms with Crippen LogP contribution in [0.15, 0.2) is 54.7 Å². The maximum atomic E-state index is 14.4. The Bertz CT molecular complexity index is 1680. The molecule has 0 aliphatic carbocycles. The molecule has 2 bridgehead atoms. The lowest BCUT2D eigenvalue weighted by atomic mass is 9.82. The van der Waals surface area contributed by atoms with Crippen molar-refractivity contribution in [3.05, 3.63) is 71.0 Å². The van der Waals surface area contributed by atoms with Crippen molar-refractivity contribution in [2.45, 2.75) is 50.5 Å². The molecule has 6 rings (SSSR count). The van der Waals surface area contributed by atoms with Gasteiger partial charge in [0, 0.05) is 40.5 Å². The Kier molecular flexibility index (Phi) is 8.37. The van der Waals surface area contributed by atoms with Crippen LogP contribution in [0.5, 0.6) is 0 Å². The first kappa shape index (κ1) is 30.4. The van der Waals surface area contributed by atoms with Crippen LogP contribution in [0.1, 0.15) is 56.2 Å². The Labute approximate surface area is 265 Å². The van der Waals surface area contributed by atoms with Crippen LogP contribution in [0.4, 0.5) is 26.7 Å². The minimum atomic E-state index is -1.02. The number of piperidine rings is 1. The van der Waals surface area contributed by atoms with Crippen LogP contribution in [-0.4, -0.2) is 54.1 Å². The second kappa shape index (κ2) is 12.4. The van der Waals surface area contributed by atoms with Crippen molar-refractivity contribution < 1.29 is 28.7 Å². The van der Waals surface area contributed by atoms with Gasteiger partial charge in [-0.15, -0.1) is 0 Å². The predicted octanol–water partition coefficient (Wildman–Crippen LogP) is 6.50. The molecule has 3 atom stereocenters. The van der Waals surface area contributed by atoms with Gasteiger partial charge in [-0.05, 0) is 73.7 Å². The zero-order chi connectivity index (χ0) is 31.7. The van der Waals surface area contributed by atoms with Crippen LogP contribution >= 0.6 is 11.6 Å². The largest absolute Gasteiger partial charge is 0.453 e. The third kappa shape index (κ3) is 6.17. The molecule has 1 aromatic heterocycles. The normalized spacial score (nSPS) is 22.8. The van der Waals surface area contributed by atoms with Gasteiger partial charge in [0.25, 0.3) is 0 Å². The summed E-state index contributed by atoms with van der Waals surface area (Å²) >= 11 is 6.35. The summed E-state index contributed by atoms with van der Waals surface area (Å²) in [6.45, 7) is 2.56. The molecule has 4 heterocycles. The zero-order valence-corrected chi connectivity index (χ0v) is 25.8. The number of benzene rings is 2. The van der Waals surface area contributed by atoms with Gasteiger partial charge in [0.1, 0.15) is 0 Å². The molecule has 1 spiro atoms. The third-order valence-electron chi connectivity index (χ3n) is 8.80. The van der Waals surface area contributed by atoms with Gasteiger partial charge in [0.05, 0.1) is 36.6 Å². The van der Waals surface area contributed by atoms with Gasteiger partial charge in [-0.25, -0.2) is 9.59 Å². The van der Waals surface area contributed by atoms with E-state index in [0.29, 0.717) is 72.0 Å². The Morgan fingerprint density at radius 3 is 2.73 bits per heavy atom. The lowest BCUT2D eigenvalue weighted by Crippen LogP contribution is -2.54. The Morgan fingerprint density at radius 2 is 1.91 bits per heavy atom. The fraction of sp³-hybridized carbons (Fsp3) is 0.364. The molecule has 3 aromatic rings. The molecule has 0 unspecified atom stereocenters. The van der Waals surface area contributed by atoms with E-state index in [9.17, 15) is 19.2 Å². The highest BCUT2D eigenvalue weighted by Gasteiger charge is 2.47. The fourth-order valence-corrected chi connectivity index (χ4v) is 6.64. The fourth-order valence-electron chi connectivity index (χ4n) is 6.47. The van der Waals surface area contributed by atoms with Crippen molar-refractivity contribution in [2.75, 3.05) is 36.1 Å². The number of aromatic nitrogens is 1. The number of amides is 4. The summed E-state index contributed by atoms with van der Waals surface area (Å²) in [5, 5.41) is 8.92. The first-order valence-electron chi connectivity index (χ1n) is 15.0. The van der Waals surface area contributed by atoms with E-state index in [4.69, 9.17) is 21.1 Å². The average Bonchev–Trinajstić information content (AvgIpc) is 3.03. The van der Waals surface area contributed by atoms with E-state index < -0.39 is 23.7 Å². The number of methoxy groups -OCH3 is 1. The number of anilines is 3. The second-order valence-corrected chi connectivity index (χ2v) is 12.2. The zero-order valence-electron chi connectivity index (χ0n) is 25.0. The summed E-state index contributed by atoms with van der Waals surface area (Å²) in [6, 6.07) is 14.2. The van der Waals surface area contributed by atoms with Gasteiger partial charge < -0.3 is 19.7 Å². The quantitative estimate of drug-likeness (QED) is 0.293. The number of nitrogens with zero attached hydrogens (tertiary/aromatic N) is 2. The molecule has 1 fully saturated rings. The molecule has 3 N–H and O–H groups in total. The van der Waals surface area contributed by atoms with E-state index in [-0.39, 0.29) is 24.3 Å². The highest BCUT2D eigenvalue weighted by molar-refractivity contribution is 6.30. The van der Waals surface area contributed by atoms with Crippen molar-refractivity contribution in [3.8, 4) is 11.1 Å². The molecule has 45 heavy (non-hydrogen) atoms. The average molecular weight is 632 g/mol. The van der Waals surface area contributed by atoms with E-state index in [1.165, 1.54) is 7.11 Å². The number of carbonyl (C=O) groups is 4. The number of carbonyl (C=O) groups excluding carboxylic acids is 4. The molecular weight excluding hydrogens is 598 g/mol.